The van der Waals surface area contributed by atoms with Crippen molar-refractivity contribution in [1.82, 2.24) is 16.2 Å². The average Bonchev–Trinajstić information content (AvgIpc) is 2.66. The first-order valence-electron chi connectivity index (χ1n) is 8.67. The molecule has 0 aliphatic heterocycles. The minimum absolute atomic E-state index is 0.0243. The van der Waals surface area contributed by atoms with Crippen LogP contribution < -0.4 is 16.2 Å². The van der Waals surface area contributed by atoms with Crippen LogP contribution in [-0.2, 0) is 4.79 Å². The predicted octanol–water partition coefficient (Wildman–Crippen LogP) is 2.76. The summed E-state index contributed by atoms with van der Waals surface area (Å²) in [6.07, 6.45) is 5.00. The van der Waals surface area contributed by atoms with E-state index in [0.717, 1.165) is 42.9 Å². The number of thiocarbonyl (C=S) groups is 1. The molecule has 26 heavy (non-hydrogen) atoms. The Kier molecular flexibility index (Phi) is 5.68. The Balaban J connectivity index is 1.57. The molecule has 2 amide bonds. The molecule has 0 spiro atoms. The van der Waals surface area contributed by atoms with Crippen LogP contribution in [0.2, 0.25) is 0 Å². The minimum atomic E-state index is -0.539. The van der Waals surface area contributed by atoms with Crippen LogP contribution in [0.15, 0.2) is 36.4 Å². The quantitative estimate of drug-likeness (QED) is 0.481. The van der Waals surface area contributed by atoms with Crippen molar-refractivity contribution in [2.75, 3.05) is 0 Å². The van der Waals surface area contributed by atoms with Crippen LogP contribution in [0.5, 0.6) is 5.75 Å². The van der Waals surface area contributed by atoms with Crippen molar-refractivity contribution in [1.29, 1.82) is 0 Å². The van der Waals surface area contributed by atoms with Crippen LogP contribution >= 0.6 is 12.2 Å². The molecule has 1 saturated carbocycles. The fraction of sp³-hybridized carbons (Fsp3) is 0.316. The van der Waals surface area contributed by atoms with Gasteiger partial charge in [0.2, 0.25) is 5.91 Å². The van der Waals surface area contributed by atoms with E-state index >= 15 is 0 Å². The first-order chi connectivity index (χ1) is 12.5. The number of aromatic hydroxyl groups is 1. The Labute approximate surface area is 156 Å². The maximum absolute atomic E-state index is 12.3. The van der Waals surface area contributed by atoms with Gasteiger partial charge in [-0.05, 0) is 48.0 Å². The van der Waals surface area contributed by atoms with Gasteiger partial charge in [-0.3, -0.25) is 20.4 Å². The largest absolute Gasteiger partial charge is 0.507 e. The number of hydrogen-bond donors (Lipinski definition) is 4. The van der Waals surface area contributed by atoms with E-state index in [1.165, 1.54) is 6.07 Å². The molecule has 0 radical (unpaired) electrons. The summed E-state index contributed by atoms with van der Waals surface area (Å²) >= 11 is 5.06. The van der Waals surface area contributed by atoms with Crippen LogP contribution in [0.4, 0.5) is 0 Å². The molecule has 0 aromatic heterocycles. The Morgan fingerprint density at radius 1 is 1.00 bits per heavy atom. The molecule has 1 aliphatic rings. The second-order valence-corrected chi connectivity index (χ2v) is 6.86. The van der Waals surface area contributed by atoms with Gasteiger partial charge in [0.15, 0.2) is 5.11 Å². The third-order valence-corrected chi connectivity index (χ3v) is 4.82. The SMILES string of the molecule is O=C(NNC(=S)NC(=O)C1CCCCC1)c1cc2ccccc2cc1O. The Morgan fingerprint density at radius 2 is 1.65 bits per heavy atom. The van der Waals surface area contributed by atoms with Gasteiger partial charge in [-0.1, -0.05) is 43.5 Å². The third-order valence-electron chi connectivity index (χ3n) is 4.61. The molecule has 2 aromatic rings. The smallest absolute Gasteiger partial charge is 0.273 e. The number of carbonyl (C=O) groups is 2. The molecular formula is C19H21N3O3S. The molecule has 6 nitrogen and oxygen atoms in total. The van der Waals surface area contributed by atoms with Crippen LogP contribution in [-0.4, -0.2) is 22.0 Å². The van der Waals surface area contributed by atoms with Gasteiger partial charge < -0.3 is 10.4 Å². The lowest BCUT2D eigenvalue weighted by atomic mass is 9.89. The summed E-state index contributed by atoms with van der Waals surface area (Å²) in [5, 5.41) is 14.4. The van der Waals surface area contributed by atoms with Gasteiger partial charge in [0, 0.05) is 5.92 Å². The van der Waals surface area contributed by atoms with E-state index in [1.807, 2.05) is 24.3 Å². The van der Waals surface area contributed by atoms with Crippen LogP contribution in [0, 0.1) is 5.92 Å². The third kappa shape index (κ3) is 4.29. The van der Waals surface area contributed by atoms with E-state index in [4.69, 9.17) is 12.2 Å². The van der Waals surface area contributed by atoms with Gasteiger partial charge in [0.1, 0.15) is 5.75 Å². The standard InChI is InChI=1S/C19H21N3O3S/c23-16-11-14-9-5-4-8-13(14)10-15(16)18(25)21-22-19(26)20-17(24)12-6-2-1-3-7-12/h4-5,8-12,23H,1-3,6-7H2,(H,21,25)(H2,20,22,24,26). The molecule has 4 N–H and O–H groups in total. The van der Waals surface area contributed by atoms with Gasteiger partial charge in [0.25, 0.3) is 5.91 Å². The highest BCUT2D eigenvalue weighted by molar-refractivity contribution is 7.80. The maximum Gasteiger partial charge on any atom is 0.273 e. The lowest BCUT2D eigenvalue weighted by Gasteiger charge is -2.21. The summed E-state index contributed by atoms with van der Waals surface area (Å²) in [6.45, 7) is 0. The van der Waals surface area contributed by atoms with Gasteiger partial charge in [-0.15, -0.1) is 0 Å². The van der Waals surface area contributed by atoms with Gasteiger partial charge in [0.05, 0.1) is 5.56 Å². The van der Waals surface area contributed by atoms with E-state index in [0.29, 0.717) is 0 Å². The zero-order valence-corrected chi connectivity index (χ0v) is 15.1. The van der Waals surface area contributed by atoms with Crippen LogP contribution in [0.1, 0.15) is 42.5 Å². The van der Waals surface area contributed by atoms with Crippen molar-refractivity contribution >= 4 is 39.9 Å². The number of benzene rings is 2. The Hall–Kier alpha value is -2.67. The molecule has 0 atom stereocenters. The van der Waals surface area contributed by atoms with E-state index in [2.05, 4.69) is 16.2 Å². The summed E-state index contributed by atoms with van der Waals surface area (Å²) in [5.41, 5.74) is 5.05. The van der Waals surface area contributed by atoms with Crippen molar-refractivity contribution in [3.8, 4) is 5.75 Å². The molecule has 2 aromatic carbocycles. The number of carbonyl (C=O) groups excluding carboxylic acids is 2. The van der Waals surface area contributed by atoms with Crippen LogP contribution in [0.3, 0.4) is 0 Å². The fourth-order valence-corrected chi connectivity index (χ4v) is 3.35. The second kappa shape index (κ2) is 8.14. The zero-order chi connectivity index (χ0) is 18.5. The fourth-order valence-electron chi connectivity index (χ4n) is 3.20. The topological polar surface area (TPSA) is 90.5 Å². The summed E-state index contributed by atoms with van der Waals surface area (Å²) in [5.74, 6) is -0.809. The molecule has 0 saturated heterocycles. The monoisotopic (exact) mass is 371 g/mol. The average molecular weight is 371 g/mol. The van der Waals surface area contributed by atoms with Gasteiger partial charge in [-0.25, -0.2) is 0 Å². The number of rotatable bonds is 2. The van der Waals surface area contributed by atoms with Gasteiger partial charge >= 0.3 is 0 Å². The van der Waals surface area contributed by atoms with E-state index in [-0.39, 0.29) is 28.3 Å². The Morgan fingerprint density at radius 3 is 2.35 bits per heavy atom. The normalized spacial score (nSPS) is 14.6. The van der Waals surface area contributed by atoms with E-state index < -0.39 is 5.91 Å². The maximum atomic E-state index is 12.3. The molecule has 0 bridgehead atoms. The van der Waals surface area contributed by atoms with Crippen molar-refractivity contribution in [3.63, 3.8) is 0 Å². The number of phenolic OH excluding ortho intramolecular Hbond substituents is 1. The lowest BCUT2D eigenvalue weighted by Crippen LogP contribution is -2.49. The molecule has 3 rings (SSSR count). The molecule has 7 heteroatoms. The summed E-state index contributed by atoms with van der Waals surface area (Å²) < 4.78 is 0. The van der Waals surface area contributed by atoms with Crippen molar-refractivity contribution in [3.05, 3.63) is 42.0 Å². The number of phenols is 1. The number of hydrazine groups is 1. The second-order valence-electron chi connectivity index (χ2n) is 6.45. The zero-order valence-electron chi connectivity index (χ0n) is 14.2. The minimum Gasteiger partial charge on any atom is -0.507 e. The highest BCUT2D eigenvalue weighted by Crippen LogP contribution is 2.25. The molecule has 1 aliphatic carbocycles. The summed E-state index contributed by atoms with van der Waals surface area (Å²) in [7, 11) is 0. The first kappa shape index (κ1) is 18.1. The van der Waals surface area contributed by atoms with E-state index in [9.17, 15) is 14.7 Å². The molecular weight excluding hydrogens is 350 g/mol. The molecule has 0 heterocycles. The molecule has 0 unspecified atom stereocenters. The van der Waals surface area contributed by atoms with E-state index in [1.54, 1.807) is 6.07 Å². The van der Waals surface area contributed by atoms with Crippen LogP contribution in [0.25, 0.3) is 10.8 Å². The number of hydrogen-bond acceptors (Lipinski definition) is 4. The first-order valence-corrected chi connectivity index (χ1v) is 9.08. The van der Waals surface area contributed by atoms with Crippen molar-refractivity contribution in [2.45, 2.75) is 32.1 Å². The highest BCUT2D eigenvalue weighted by atomic mass is 32.1. The van der Waals surface area contributed by atoms with Gasteiger partial charge in [-0.2, -0.15) is 0 Å². The van der Waals surface area contributed by atoms with Crippen molar-refractivity contribution < 1.29 is 14.7 Å². The number of amides is 2. The highest BCUT2D eigenvalue weighted by Gasteiger charge is 2.22. The number of nitrogens with one attached hydrogen (secondary N) is 3. The lowest BCUT2D eigenvalue weighted by molar-refractivity contribution is -0.124. The molecule has 136 valence electrons. The summed E-state index contributed by atoms with van der Waals surface area (Å²) in [4.78, 5) is 24.4. The Bertz CT molecular complexity index is 847. The molecule has 1 fully saturated rings. The number of fused-ring (bicyclic) bond motifs is 1. The summed E-state index contributed by atoms with van der Waals surface area (Å²) in [6, 6.07) is 10.6. The van der Waals surface area contributed by atoms with Crippen molar-refractivity contribution in [2.24, 2.45) is 5.92 Å². The predicted molar refractivity (Wildman–Crippen MR) is 104 cm³/mol.